The van der Waals surface area contributed by atoms with E-state index in [1.54, 1.807) is 0 Å². The van der Waals surface area contributed by atoms with Gasteiger partial charge in [-0.1, -0.05) is 6.92 Å². The monoisotopic (exact) mass is 227 g/mol. The Morgan fingerprint density at radius 1 is 1.23 bits per heavy atom. The summed E-state index contributed by atoms with van der Waals surface area (Å²) in [6.45, 7) is 4.36. The molecule has 0 aliphatic carbocycles. The molecule has 0 bridgehead atoms. The summed E-state index contributed by atoms with van der Waals surface area (Å²) in [5, 5.41) is 0. The molecule has 0 spiro atoms. The van der Waals surface area contributed by atoms with Crippen molar-refractivity contribution in [2.24, 2.45) is 0 Å². The molecule has 0 aromatic carbocycles. The second-order valence-corrected chi connectivity index (χ2v) is 5.80. The molecule has 0 amide bonds. The first-order valence-electron chi connectivity index (χ1n) is 4.45. The molecule has 0 aliphatic rings. The average molecular weight is 228 g/mol. The van der Waals surface area contributed by atoms with E-state index in [-0.39, 0.29) is 5.75 Å². The van der Waals surface area contributed by atoms with Crippen LogP contribution in [0, 0.1) is 0 Å². The number of rotatable bonds is 7. The van der Waals surface area contributed by atoms with E-state index in [0.717, 1.165) is 19.5 Å². The third-order valence-corrected chi connectivity index (χ3v) is 2.81. The van der Waals surface area contributed by atoms with E-state index in [1.807, 2.05) is 0 Å². The SMILES string of the molecule is CCCN(CCCl)CCS(C)(=O)=O. The Kier molecular flexibility index (Phi) is 6.73. The van der Waals surface area contributed by atoms with E-state index < -0.39 is 9.84 Å². The lowest BCUT2D eigenvalue weighted by atomic mass is 10.4. The number of hydrogen-bond acceptors (Lipinski definition) is 3. The van der Waals surface area contributed by atoms with Crippen LogP contribution in [0.25, 0.3) is 0 Å². The van der Waals surface area contributed by atoms with Crippen LogP contribution in [0.1, 0.15) is 13.3 Å². The zero-order valence-corrected chi connectivity index (χ0v) is 9.86. The third kappa shape index (κ3) is 8.53. The van der Waals surface area contributed by atoms with Crippen LogP contribution in [0.15, 0.2) is 0 Å². The summed E-state index contributed by atoms with van der Waals surface area (Å²) in [4.78, 5) is 2.08. The molecule has 0 radical (unpaired) electrons. The van der Waals surface area contributed by atoms with Crippen LogP contribution in [-0.4, -0.2) is 50.8 Å². The van der Waals surface area contributed by atoms with Gasteiger partial charge in [0.25, 0.3) is 0 Å². The van der Waals surface area contributed by atoms with Crippen LogP contribution in [0.4, 0.5) is 0 Å². The number of nitrogens with zero attached hydrogens (tertiary/aromatic N) is 1. The molecule has 0 saturated heterocycles. The predicted molar refractivity (Wildman–Crippen MR) is 57.2 cm³/mol. The summed E-state index contributed by atoms with van der Waals surface area (Å²) < 4.78 is 21.8. The molecule has 0 N–H and O–H groups in total. The molecular formula is C8H18ClNO2S. The van der Waals surface area contributed by atoms with E-state index in [1.165, 1.54) is 6.26 Å². The summed E-state index contributed by atoms with van der Waals surface area (Å²) in [7, 11) is -2.84. The lowest BCUT2D eigenvalue weighted by Crippen LogP contribution is -2.31. The Bertz CT molecular complexity index is 210. The van der Waals surface area contributed by atoms with Gasteiger partial charge in [-0.3, -0.25) is 0 Å². The number of halogens is 1. The highest BCUT2D eigenvalue weighted by atomic mass is 35.5. The molecule has 13 heavy (non-hydrogen) atoms. The fourth-order valence-corrected chi connectivity index (χ4v) is 1.89. The van der Waals surface area contributed by atoms with Gasteiger partial charge in [-0.25, -0.2) is 8.42 Å². The molecular weight excluding hydrogens is 210 g/mol. The number of hydrogen-bond donors (Lipinski definition) is 0. The average Bonchev–Trinajstić information content (AvgIpc) is 2.00. The molecule has 0 unspecified atom stereocenters. The van der Waals surface area contributed by atoms with Crippen LogP contribution < -0.4 is 0 Å². The molecule has 0 aliphatic heterocycles. The van der Waals surface area contributed by atoms with Gasteiger partial charge >= 0.3 is 0 Å². The van der Waals surface area contributed by atoms with Crippen molar-refractivity contribution in [3.63, 3.8) is 0 Å². The Morgan fingerprint density at radius 2 is 1.85 bits per heavy atom. The normalized spacial score (nSPS) is 12.3. The largest absolute Gasteiger partial charge is 0.301 e. The molecule has 0 atom stereocenters. The van der Waals surface area contributed by atoms with E-state index >= 15 is 0 Å². The van der Waals surface area contributed by atoms with E-state index in [0.29, 0.717) is 12.4 Å². The van der Waals surface area contributed by atoms with Crippen molar-refractivity contribution in [1.29, 1.82) is 0 Å². The molecule has 5 heteroatoms. The smallest absolute Gasteiger partial charge is 0.148 e. The summed E-state index contributed by atoms with van der Waals surface area (Å²) in [5.41, 5.74) is 0. The van der Waals surface area contributed by atoms with Gasteiger partial charge in [0.15, 0.2) is 0 Å². The highest BCUT2D eigenvalue weighted by Crippen LogP contribution is 1.94. The quantitative estimate of drug-likeness (QED) is 0.609. The van der Waals surface area contributed by atoms with Crippen molar-refractivity contribution in [1.82, 2.24) is 4.90 Å². The molecule has 0 rings (SSSR count). The molecule has 0 heterocycles. The molecule has 0 fully saturated rings. The minimum absolute atomic E-state index is 0.226. The van der Waals surface area contributed by atoms with Crippen molar-refractivity contribution in [3.8, 4) is 0 Å². The van der Waals surface area contributed by atoms with Crippen molar-refractivity contribution >= 4 is 21.4 Å². The van der Waals surface area contributed by atoms with Gasteiger partial charge < -0.3 is 4.90 Å². The third-order valence-electron chi connectivity index (χ3n) is 1.72. The lowest BCUT2D eigenvalue weighted by Gasteiger charge is -2.19. The first-order chi connectivity index (χ1) is 5.99. The standard InChI is InChI=1S/C8H18ClNO2S/c1-3-5-10(6-4-9)7-8-13(2,11)12/h3-8H2,1-2H3. The molecule has 0 aromatic rings. The van der Waals surface area contributed by atoms with Crippen LogP contribution in [-0.2, 0) is 9.84 Å². The Labute approximate surface area is 86.0 Å². The second kappa shape index (κ2) is 6.62. The van der Waals surface area contributed by atoms with Gasteiger partial charge in [-0.2, -0.15) is 0 Å². The van der Waals surface area contributed by atoms with Gasteiger partial charge in [-0.15, -0.1) is 11.6 Å². The Balaban J connectivity index is 3.81. The van der Waals surface area contributed by atoms with E-state index in [9.17, 15) is 8.42 Å². The number of alkyl halides is 1. The summed E-state index contributed by atoms with van der Waals surface area (Å²) in [6, 6.07) is 0. The highest BCUT2D eigenvalue weighted by Gasteiger charge is 2.07. The molecule has 0 saturated carbocycles. The first kappa shape index (κ1) is 13.2. The van der Waals surface area contributed by atoms with E-state index in [2.05, 4.69) is 11.8 Å². The van der Waals surface area contributed by atoms with Gasteiger partial charge in [0.2, 0.25) is 0 Å². The fraction of sp³-hybridized carbons (Fsp3) is 1.00. The molecule has 80 valence electrons. The maximum Gasteiger partial charge on any atom is 0.148 e. The van der Waals surface area contributed by atoms with Gasteiger partial charge in [-0.05, 0) is 13.0 Å². The lowest BCUT2D eigenvalue weighted by molar-refractivity contribution is 0.307. The Morgan fingerprint density at radius 3 is 2.23 bits per heavy atom. The van der Waals surface area contributed by atoms with E-state index in [4.69, 9.17) is 11.6 Å². The van der Waals surface area contributed by atoms with Gasteiger partial charge in [0, 0.05) is 25.2 Å². The van der Waals surface area contributed by atoms with Gasteiger partial charge in [0.1, 0.15) is 9.84 Å². The van der Waals surface area contributed by atoms with Crippen LogP contribution in [0.5, 0.6) is 0 Å². The van der Waals surface area contributed by atoms with Crippen LogP contribution in [0.2, 0.25) is 0 Å². The maximum absolute atomic E-state index is 10.9. The first-order valence-corrected chi connectivity index (χ1v) is 7.05. The molecule has 0 aromatic heterocycles. The van der Waals surface area contributed by atoms with Crippen LogP contribution in [0.3, 0.4) is 0 Å². The minimum atomic E-state index is -2.84. The summed E-state index contributed by atoms with van der Waals surface area (Å²) in [5.74, 6) is 0.785. The summed E-state index contributed by atoms with van der Waals surface area (Å²) in [6.07, 6.45) is 2.29. The van der Waals surface area contributed by atoms with Crippen molar-refractivity contribution < 1.29 is 8.42 Å². The Hall–Kier alpha value is 0.200. The molecule has 3 nitrogen and oxygen atoms in total. The van der Waals surface area contributed by atoms with Crippen LogP contribution >= 0.6 is 11.6 Å². The zero-order chi connectivity index (χ0) is 10.3. The second-order valence-electron chi connectivity index (χ2n) is 3.16. The maximum atomic E-state index is 10.9. The topological polar surface area (TPSA) is 37.4 Å². The highest BCUT2D eigenvalue weighted by molar-refractivity contribution is 7.90. The fourth-order valence-electron chi connectivity index (χ4n) is 1.07. The van der Waals surface area contributed by atoms with Crippen molar-refractivity contribution in [2.45, 2.75) is 13.3 Å². The zero-order valence-electron chi connectivity index (χ0n) is 8.29. The van der Waals surface area contributed by atoms with Crippen molar-refractivity contribution in [2.75, 3.05) is 37.5 Å². The predicted octanol–water partition coefficient (Wildman–Crippen LogP) is 0.982. The minimum Gasteiger partial charge on any atom is -0.301 e. The summed E-state index contributed by atoms with van der Waals surface area (Å²) >= 11 is 5.59. The number of sulfone groups is 1. The van der Waals surface area contributed by atoms with Gasteiger partial charge in [0.05, 0.1) is 5.75 Å². The van der Waals surface area contributed by atoms with Crippen molar-refractivity contribution in [3.05, 3.63) is 0 Å².